The molecule has 1 fully saturated rings. The predicted octanol–water partition coefficient (Wildman–Crippen LogP) is 1.28. The molecule has 2 aromatic heterocycles. The van der Waals surface area contributed by atoms with Gasteiger partial charge in [-0.3, -0.25) is 9.69 Å². The minimum absolute atomic E-state index is 0.0434. The first-order valence-corrected chi connectivity index (χ1v) is 7.43. The van der Waals surface area contributed by atoms with Crippen LogP contribution >= 0.6 is 0 Å². The summed E-state index contributed by atoms with van der Waals surface area (Å²) in [6.07, 6.45) is 9.03. The molecule has 0 aliphatic carbocycles. The predicted molar refractivity (Wildman–Crippen MR) is 85.0 cm³/mol. The molecule has 3 rings (SSSR count). The van der Waals surface area contributed by atoms with Crippen molar-refractivity contribution in [1.29, 1.82) is 0 Å². The number of piperazine rings is 1. The Morgan fingerprint density at radius 1 is 1.41 bits per heavy atom. The lowest BCUT2D eigenvalue weighted by Gasteiger charge is -2.38. The molecule has 0 radical (unpaired) electrons. The highest BCUT2D eigenvalue weighted by Crippen LogP contribution is 2.22. The molecule has 116 valence electrons. The Kier molecular flexibility index (Phi) is 4.11. The van der Waals surface area contributed by atoms with E-state index in [0.717, 1.165) is 24.6 Å². The van der Waals surface area contributed by atoms with Gasteiger partial charge in [0.05, 0.1) is 6.04 Å². The van der Waals surface area contributed by atoms with Gasteiger partial charge in [-0.2, -0.15) is 0 Å². The van der Waals surface area contributed by atoms with Crippen LogP contribution in [-0.4, -0.2) is 56.9 Å². The highest BCUT2D eigenvalue weighted by molar-refractivity contribution is 5.91. The number of aromatic nitrogens is 3. The number of rotatable bonds is 3. The number of carbonyl (C=O) groups excluding carboxylic acids is 1. The minimum atomic E-state index is 0.0434. The molecule has 2 aromatic rings. The van der Waals surface area contributed by atoms with E-state index < -0.39 is 0 Å². The zero-order valence-electron chi connectivity index (χ0n) is 12.9. The number of hydrogen-bond acceptors (Lipinski definition) is 3. The van der Waals surface area contributed by atoms with Crippen LogP contribution in [0, 0.1) is 0 Å². The summed E-state index contributed by atoms with van der Waals surface area (Å²) in [6.45, 7) is 2.25. The van der Waals surface area contributed by atoms with Crippen molar-refractivity contribution < 1.29 is 4.79 Å². The molecule has 1 aliphatic rings. The molecule has 0 aromatic carbocycles. The van der Waals surface area contributed by atoms with Crippen LogP contribution in [0.2, 0.25) is 0 Å². The van der Waals surface area contributed by atoms with Crippen LogP contribution in [0.15, 0.2) is 36.8 Å². The maximum absolute atomic E-state index is 12.4. The van der Waals surface area contributed by atoms with Crippen LogP contribution in [0.4, 0.5) is 0 Å². The van der Waals surface area contributed by atoms with E-state index in [1.54, 1.807) is 12.3 Å². The van der Waals surface area contributed by atoms with E-state index in [1.165, 1.54) is 0 Å². The molecule has 3 heterocycles. The minimum Gasteiger partial charge on any atom is -0.362 e. The van der Waals surface area contributed by atoms with Gasteiger partial charge in [-0.25, -0.2) is 4.98 Å². The number of imidazole rings is 1. The second kappa shape index (κ2) is 6.19. The second-order valence-electron chi connectivity index (χ2n) is 5.64. The first-order valence-electron chi connectivity index (χ1n) is 7.43. The molecule has 0 spiro atoms. The lowest BCUT2D eigenvalue weighted by molar-refractivity contribution is -0.128. The molecule has 6 nitrogen and oxygen atoms in total. The molecule has 0 bridgehead atoms. The summed E-state index contributed by atoms with van der Waals surface area (Å²) in [5.74, 6) is 1.04. The third-order valence-corrected chi connectivity index (χ3v) is 4.14. The standard InChI is InChI=1S/C16H21N5O/c1-19-10-11-21(12-14(19)16-18-8-9-20(16)2)15(22)6-5-13-4-3-7-17-13/h3-9,14,17H,10-12H2,1-2H3/b6-5+. The van der Waals surface area contributed by atoms with Crippen LogP contribution in [0.3, 0.4) is 0 Å². The summed E-state index contributed by atoms with van der Waals surface area (Å²) in [5, 5.41) is 0. The van der Waals surface area contributed by atoms with Crippen molar-refractivity contribution in [2.45, 2.75) is 6.04 Å². The van der Waals surface area contributed by atoms with E-state index >= 15 is 0 Å². The Morgan fingerprint density at radius 3 is 2.95 bits per heavy atom. The molecule has 0 saturated carbocycles. The fraction of sp³-hybridized carbons (Fsp3) is 0.375. The number of aryl methyl sites for hydroxylation is 1. The van der Waals surface area contributed by atoms with Gasteiger partial charge in [0.15, 0.2) is 0 Å². The van der Waals surface area contributed by atoms with E-state index in [9.17, 15) is 4.79 Å². The van der Waals surface area contributed by atoms with Gasteiger partial charge >= 0.3 is 0 Å². The number of amides is 1. The zero-order valence-corrected chi connectivity index (χ0v) is 12.9. The van der Waals surface area contributed by atoms with Crippen LogP contribution in [0.1, 0.15) is 17.6 Å². The fourth-order valence-corrected chi connectivity index (χ4v) is 2.77. The largest absolute Gasteiger partial charge is 0.362 e. The highest BCUT2D eigenvalue weighted by Gasteiger charge is 2.29. The monoisotopic (exact) mass is 299 g/mol. The van der Waals surface area contributed by atoms with Gasteiger partial charge in [-0.15, -0.1) is 0 Å². The summed E-state index contributed by atoms with van der Waals surface area (Å²) in [6, 6.07) is 3.98. The van der Waals surface area contributed by atoms with E-state index in [4.69, 9.17) is 0 Å². The van der Waals surface area contributed by atoms with Crippen LogP contribution in [0.5, 0.6) is 0 Å². The SMILES string of the molecule is CN1CCN(C(=O)/C=C/c2ccc[nH]2)CC1c1nccn1C. The normalized spacial score (nSPS) is 19.9. The molecule has 1 amide bonds. The number of aromatic amines is 1. The van der Waals surface area contributed by atoms with E-state index in [2.05, 4.69) is 21.9 Å². The molecule has 6 heteroatoms. The first kappa shape index (κ1) is 14.6. The molecule has 1 unspecified atom stereocenters. The Labute approximate surface area is 130 Å². The van der Waals surface area contributed by atoms with Gasteiger partial charge in [-0.1, -0.05) is 0 Å². The number of nitrogens with one attached hydrogen (secondary N) is 1. The zero-order chi connectivity index (χ0) is 15.5. The summed E-state index contributed by atoms with van der Waals surface area (Å²) < 4.78 is 2.02. The average molecular weight is 299 g/mol. The molecule has 1 N–H and O–H groups in total. The van der Waals surface area contributed by atoms with Crippen molar-refractivity contribution in [1.82, 2.24) is 24.3 Å². The number of nitrogens with zero attached hydrogens (tertiary/aromatic N) is 4. The Balaban J connectivity index is 1.70. The van der Waals surface area contributed by atoms with E-state index in [1.807, 2.05) is 47.1 Å². The van der Waals surface area contributed by atoms with Crippen molar-refractivity contribution in [3.05, 3.63) is 48.3 Å². The maximum atomic E-state index is 12.4. The number of hydrogen-bond donors (Lipinski definition) is 1. The highest BCUT2D eigenvalue weighted by atomic mass is 16.2. The summed E-state index contributed by atoms with van der Waals surface area (Å²) in [7, 11) is 4.07. The van der Waals surface area contributed by atoms with Gasteiger partial charge in [0.2, 0.25) is 5.91 Å². The molecule has 1 aliphatic heterocycles. The number of likely N-dealkylation sites (N-methyl/N-ethyl adjacent to an activating group) is 1. The third-order valence-electron chi connectivity index (χ3n) is 4.14. The number of H-pyrrole nitrogens is 1. The quantitative estimate of drug-likeness (QED) is 0.869. The molecule has 1 saturated heterocycles. The molecule has 1 atom stereocenters. The maximum Gasteiger partial charge on any atom is 0.246 e. The number of carbonyl (C=O) groups is 1. The summed E-state index contributed by atoms with van der Waals surface area (Å²) >= 11 is 0. The topological polar surface area (TPSA) is 57.2 Å². The Morgan fingerprint density at radius 2 is 2.27 bits per heavy atom. The van der Waals surface area contributed by atoms with Crippen molar-refractivity contribution in [3.63, 3.8) is 0 Å². The van der Waals surface area contributed by atoms with Crippen LogP contribution in [0.25, 0.3) is 6.08 Å². The van der Waals surface area contributed by atoms with Crippen LogP contribution in [-0.2, 0) is 11.8 Å². The second-order valence-corrected chi connectivity index (χ2v) is 5.64. The summed E-state index contributed by atoms with van der Waals surface area (Å²) in [4.78, 5) is 24.0. The third kappa shape index (κ3) is 2.96. The smallest absolute Gasteiger partial charge is 0.246 e. The molecule has 22 heavy (non-hydrogen) atoms. The van der Waals surface area contributed by atoms with E-state index in [-0.39, 0.29) is 11.9 Å². The van der Waals surface area contributed by atoms with Gasteiger partial charge in [0.1, 0.15) is 5.82 Å². The molecular weight excluding hydrogens is 278 g/mol. The Hall–Kier alpha value is -2.34. The van der Waals surface area contributed by atoms with Crippen molar-refractivity contribution >= 4 is 12.0 Å². The fourth-order valence-electron chi connectivity index (χ4n) is 2.77. The Bertz CT molecular complexity index is 658. The van der Waals surface area contributed by atoms with Crippen molar-refractivity contribution in [3.8, 4) is 0 Å². The lowest BCUT2D eigenvalue weighted by atomic mass is 10.1. The van der Waals surface area contributed by atoms with Gasteiger partial charge in [-0.05, 0) is 25.3 Å². The van der Waals surface area contributed by atoms with Crippen molar-refractivity contribution in [2.75, 3.05) is 26.7 Å². The van der Waals surface area contributed by atoms with Gasteiger partial charge in [0.25, 0.3) is 0 Å². The lowest BCUT2D eigenvalue weighted by Crippen LogP contribution is -2.49. The van der Waals surface area contributed by atoms with Crippen LogP contribution < -0.4 is 0 Å². The first-order chi connectivity index (χ1) is 10.6. The van der Waals surface area contributed by atoms with E-state index in [0.29, 0.717) is 6.54 Å². The van der Waals surface area contributed by atoms with Gasteiger partial charge in [0, 0.05) is 57.0 Å². The average Bonchev–Trinajstić information content (AvgIpc) is 3.17. The summed E-state index contributed by atoms with van der Waals surface area (Å²) in [5.41, 5.74) is 0.933. The van der Waals surface area contributed by atoms with Crippen molar-refractivity contribution in [2.24, 2.45) is 7.05 Å². The molecular formula is C16H21N5O. The van der Waals surface area contributed by atoms with Gasteiger partial charge < -0.3 is 14.5 Å².